The van der Waals surface area contributed by atoms with Gasteiger partial charge in [-0.3, -0.25) is 0 Å². The van der Waals surface area contributed by atoms with Gasteiger partial charge in [0.1, 0.15) is 6.10 Å². The van der Waals surface area contributed by atoms with Gasteiger partial charge in [-0.2, -0.15) is 11.3 Å². The van der Waals surface area contributed by atoms with Gasteiger partial charge in [-0.15, -0.1) is 0 Å². The summed E-state index contributed by atoms with van der Waals surface area (Å²) in [6, 6.07) is 2.25. The number of aliphatic hydroxyl groups excluding tert-OH is 1. The third-order valence-corrected chi connectivity index (χ3v) is 3.09. The molecule has 0 spiro atoms. The molecule has 1 N–H and O–H groups in total. The first-order chi connectivity index (χ1) is 7.20. The molecule has 0 aliphatic carbocycles. The number of hydrogen-bond acceptors (Lipinski definition) is 3. The standard InChI is InChI=1S/C11H14N2OS/c1-8(2)13-7-12-5-10(13)11(14)9-3-4-15-6-9/h3-8,11,14H,1-2H3. The highest BCUT2D eigenvalue weighted by molar-refractivity contribution is 7.07. The molecule has 0 fully saturated rings. The molecule has 2 aromatic heterocycles. The van der Waals surface area contributed by atoms with Gasteiger partial charge in [0.25, 0.3) is 0 Å². The van der Waals surface area contributed by atoms with Crippen molar-refractivity contribution in [3.8, 4) is 0 Å². The highest BCUT2D eigenvalue weighted by Gasteiger charge is 2.16. The van der Waals surface area contributed by atoms with Crippen LogP contribution in [0, 0.1) is 0 Å². The molecule has 2 heterocycles. The van der Waals surface area contributed by atoms with Crippen LogP contribution in [0.2, 0.25) is 0 Å². The molecule has 0 aliphatic rings. The Morgan fingerprint density at radius 1 is 1.47 bits per heavy atom. The van der Waals surface area contributed by atoms with Crippen LogP contribution in [0.4, 0.5) is 0 Å². The number of hydrogen-bond donors (Lipinski definition) is 1. The maximum absolute atomic E-state index is 10.1. The third kappa shape index (κ3) is 1.96. The van der Waals surface area contributed by atoms with E-state index in [1.54, 1.807) is 23.9 Å². The second-order valence-corrected chi connectivity index (χ2v) is 4.56. The van der Waals surface area contributed by atoms with E-state index in [4.69, 9.17) is 0 Å². The molecule has 15 heavy (non-hydrogen) atoms. The molecule has 0 bridgehead atoms. The first kappa shape index (κ1) is 10.4. The van der Waals surface area contributed by atoms with Gasteiger partial charge in [-0.05, 0) is 36.2 Å². The molecule has 0 amide bonds. The van der Waals surface area contributed by atoms with Gasteiger partial charge < -0.3 is 9.67 Å². The lowest BCUT2D eigenvalue weighted by Gasteiger charge is -2.15. The van der Waals surface area contributed by atoms with Crippen LogP contribution >= 0.6 is 11.3 Å². The van der Waals surface area contributed by atoms with Gasteiger partial charge in [0.15, 0.2) is 0 Å². The van der Waals surface area contributed by atoms with Gasteiger partial charge in [0.2, 0.25) is 0 Å². The minimum absolute atomic E-state index is 0.316. The van der Waals surface area contributed by atoms with E-state index in [2.05, 4.69) is 18.8 Å². The number of thiophene rings is 1. The first-order valence-corrected chi connectivity index (χ1v) is 5.86. The van der Waals surface area contributed by atoms with Gasteiger partial charge >= 0.3 is 0 Å². The molecular weight excluding hydrogens is 208 g/mol. The number of nitrogens with zero attached hydrogens (tertiary/aromatic N) is 2. The van der Waals surface area contributed by atoms with Gasteiger partial charge in [0, 0.05) is 6.04 Å². The summed E-state index contributed by atoms with van der Waals surface area (Å²) < 4.78 is 1.99. The fourth-order valence-corrected chi connectivity index (χ4v) is 2.24. The molecule has 0 aromatic carbocycles. The van der Waals surface area contributed by atoms with Crippen molar-refractivity contribution >= 4 is 11.3 Å². The normalized spacial score (nSPS) is 13.3. The molecule has 80 valence electrons. The molecule has 0 saturated carbocycles. The molecule has 3 nitrogen and oxygen atoms in total. The van der Waals surface area contributed by atoms with Gasteiger partial charge in [-0.25, -0.2) is 4.98 Å². The van der Waals surface area contributed by atoms with Crippen LogP contribution in [0.5, 0.6) is 0 Å². The molecular formula is C11H14N2OS. The quantitative estimate of drug-likeness (QED) is 0.866. The van der Waals surface area contributed by atoms with E-state index in [0.29, 0.717) is 6.04 Å². The van der Waals surface area contributed by atoms with E-state index in [0.717, 1.165) is 11.3 Å². The van der Waals surface area contributed by atoms with Crippen LogP contribution < -0.4 is 0 Å². The Bertz CT molecular complexity index is 419. The van der Waals surface area contributed by atoms with E-state index in [9.17, 15) is 5.11 Å². The Morgan fingerprint density at radius 3 is 2.87 bits per heavy atom. The van der Waals surface area contributed by atoms with Crippen molar-refractivity contribution in [3.63, 3.8) is 0 Å². The van der Waals surface area contributed by atoms with E-state index in [-0.39, 0.29) is 0 Å². The molecule has 0 aliphatic heterocycles. The van der Waals surface area contributed by atoms with Crippen LogP contribution in [0.25, 0.3) is 0 Å². The molecule has 2 aromatic rings. The summed E-state index contributed by atoms with van der Waals surface area (Å²) >= 11 is 1.59. The Balaban J connectivity index is 2.33. The monoisotopic (exact) mass is 222 g/mol. The average Bonchev–Trinajstić information content (AvgIpc) is 2.88. The molecule has 1 atom stereocenters. The van der Waals surface area contributed by atoms with Crippen molar-refractivity contribution in [2.75, 3.05) is 0 Å². The van der Waals surface area contributed by atoms with Crippen molar-refractivity contribution in [1.29, 1.82) is 0 Å². The highest BCUT2D eigenvalue weighted by Crippen LogP contribution is 2.25. The Morgan fingerprint density at radius 2 is 2.27 bits per heavy atom. The second kappa shape index (κ2) is 4.16. The number of aromatic nitrogens is 2. The lowest BCUT2D eigenvalue weighted by atomic mass is 10.1. The van der Waals surface area contributed by atoms with E-state index < -0.39 is 6.10 Å². The summed E-state index contributed by atoms with van der Waals surface area (Å²) in [5.41, 5.74) is 1.78. The van der Waals surface area contributed by atoms with Crippen LogP contribution in [-0.4, -0.2) is 14.7 Å². The topological polar surface area (TPSA) is 38.0 Å². The zero-order chi connectivity index (χ0) is 10.8. The van der Waals surface area contributed by atoms with Crippen molar-refractivity contribution in [1.82, 2.24) is 9.55 Å². The Hall–Kier alpha value is -1.13. The predicted molar refractivity (Wildman–Crippen MR) is 61.0 cm³/mol. The summed E-state index contributed by atoms with van der Waals surface area (Å²) in [5.74, 6) is 0. The van der Waals surface area contributed by atoms with Crippen molar-refractivity contribution in [2.45, 2.75) is 26.0 Å². The fraction of sp³-hybridized carbons (Fsp3) is 0.364. The summed E-state index contributed by atoms with van der Waals surface area (Å²) in [6.07, 6.45) is 2.92. The lowest BCUT2D eigenvalue weighted by Crippen LogP contribution is -2.09. The third-order valence-electron chi connectivity index (χ3n) is 2.39. The van der Waals surface area contributed by atoms with Crippen molar-refractivity contribution < 1.29 is 5.11 Å². The fourth-order valence-electron chi connectivity index (χ4n) is 1.56. The number of aliphatic hydroxyl groups is 1. The second-order valence-electron chi connectivity index (χ2n) is 3.78. The van der Waals surface area contributed by atoms with Gasteiger partial charge in [0.05, 0.1) is 18.2 Å². The van der Waals surface area contributed by atoms with Crippen LogP contribution in [0.15, 0.2) is 29.4 Å². The SMILES string of the molecule is CC(C)n1cncc1C(O)c1ccsc1. The average molecular weight is 222 g/mol. The Labute approximate surface area is 93.0 Å². The summed E-state index contributed by atoms with van der Waals surface area (Å²) in [7, 11) is 0. The largest absolute Gasteiger partial charge is 0.382 e. The van der Waals surface area contributed by atoms with E-state index in [1.807, 2.05) is 21.4 Å². The maximum Gasteiger partial charge on any atom is 0.121 e. The summed E-state index contributed by atoms with van der Waals surface area (Å²) in [6.45, 7) is 4.15. The molecule has 4 heteroatoms. The van der Waals surface area contributed by atoms with E-state index in [1.165, 1.54) is 0 Å². The predicted octanol–water partition coefficient (Wildman–Crippen LogP) is 2.61. The van der Waals surface area contributed by atoms with Crippen molar-refractivity contribution in [2.24, 2.45) is 0 Å². The molecule has 2 rings (SSSR count). The summed E-state index contributed by atoms with van der Waals surface area (Å²) in [4.78, 5) is 4.08. The van der Waals surface area contributed by atoms with E-state index >= 15 is 0 Å². The summed E-state index contributed by atoms with van der Waals surface area (Å²) in [5, 5.41) is 14.1. The van der Waals surface area contributed by atoms with Crippen molar-refractivity contribution in [3.05, 3.63) is 40.6 Å². The number of imidazole rings is 1. The van der Waals surface area contributed by atoms with Crippen LogP contribution in [0.3, 0.4) is 0 Å². The van der Waals surface area contributed by atoms with Gasteiger partial charge in [-0.1, -0.05) is 0 Å². The van der Waals surface area contributed by atoms with Crippen LogP contribution in [0.1, 0.15) is 37.3 Å². The first-order valence-electron chi connectivity index (χ1n) is 4.92. The van der Waals surface area contributed by atoms with Crippen LogP contribution in [-0.2, 0) is 0 Å². The number of rotatable bonds is 3. The Kier molecular flexibility index (Phi) is 2.88. The minimum atomic E-state index is -0.568. The maximum atomic E-state index is 10.1. The zero-order valence-corrected chi connectivity index (χ0v) is 9.61. The smallest absolute Gasteiger partial charge is 0.121 e. The minimum Gasteiger partial charge on any atom is -0.382 e. The zero-order valence-electron chi connectivity index (χ0n) is 8.79. The molecule has 0 saturated heterocycles. The highest BCUT2D eigenvalue weighted by atomic mass is 32.1. The molecule has 1 unspecified atom stereocenters. The lowest BCUT2D eigenvalue weighted by molar-refractivity contribution is 0.208. The molecule has 0 radical (unpaired) electrons.